The molecule has 0 bridgehead atoms. The zero-order valence-electron chi connectivity index (χ0n) is 13.5. The van der Waals surface area contributed by atoms with Crippen molar-refractivity contribution in [3.63, 3.8) is 0 Å². The van der Waals surface area contributed by atoms with Gasteiger partial charge in [-0.15, -0.1) is 11.8 Å². The molecule has 22 heavy (non-hydrogen) atoms. The van der Waals surface area contributed by atoms with E-state index in [4.69, 9.17) is 10.2 Å². The Kier molecular flexibility index (Phi) is 10.8. The van der Waals surface area contributed by atoms with Crippen LogP contribution in [0.25, 0.3) is 11.1 Å². The van der Waals surface area contributed by atoms with Crippen LogP contribution in [-0.2, 0) is 0 Å². The zero-order chi connectivity index (χ0) is 16.8. The summed E-state index contributed by atoms with van der Waals surface area (Å²) in [5, 5.41) is 14.0. The van der Waals surface area contributed by atoms with Crippen LogP contribution in [0.4, 0.5) is 0 Å². The summed E-state index contributed by atoms with van der Waals surface area (Å²) < 4.78 is 0. The Labute approximate surface area is 133 Å². The van der Waals surface area contributed by atoms with Crippen LogP contribution in [0.2, 0.25) is 0 Å². The number of hydrogen-bond donors (Lipinski definition) is 2. The number of benzene rings is 2. The molecule has 0 radical (unpaired) electrons. The molecule has 0 aliphatic carbocycles. The minimum atomic E-state index is 1.00. The van der Waals surface area contributed by atoms with Crippen LogP contribution >= 0.6 is 0 Å². The van der Waals surface area contributed by atoms with Crippen molar-refractivity contribution in [2.45, 2.75) is 13.8 Å². The molecule has 0 heterocycles. The Morgan fingerprint density at radius 3 is 1.23 bits per heavy atom. The molecular formula is C20H22O2. The molecule has 0 spiro atoms. The third-order valence-corrected chi connectivity index (χ3v) is 2.66. The molecule has 0 fully saturated rings. The molecule has 0 aromatic heterocycles. The second-order valence-electron chi connectivity index (χ2n) is 3.84. The van der Waals surface area contributed by atoms with Gasteiger partial charge >= 0.3 is 0 Å². The maximum Gasteiger partial charge on any atom is 0.0324 e. The lowest BCUT2D eigenvalue weighted by atomic mass is 9.96. The van der Waals surface area contributed by atoms with Crippen LogP contribution in [0.5, 0.6) is 0 Å². The SMILES string of the molecule is CC#Cc1ccccc1-c1ccccc1C#CC.CO.CO. The van der Waals surface area contributed by atoms with Crippen molar-refractivity contribution >= 4 is 0 Å². The Bertz CT molecular complexity index is 618. The summed E-state index contributed by atoms with van der Waals surface area (Å²) >= 11 is 0. The number of aliphatic hydroxyl groups is 2. The van der Waals surface area contributed by atoms with E-state index in [1.165, 1.54) is 0 Å². The predicted molar refractivity (Wildman–Crippen MR) is 93.3 cm³/mol. The normalized spacial score (nSPS) is 7.73. The molecule has 0 aliphatic heterocycles. The summed E-state index contributed by atoms with van der Waals surface area (Å²) in [4.78, 5) is 0. The van der Waals surface area contributed by atoms with E-state index >= 15 is 0 Å². The van der Waals surface area contributed by atoms with Gasteiger partial charge in [0.2, 0.25) is 0 Å². The Morgan fingerprint density at radius 1 is 0.591 bits per heavy atom. The van der Waals surface area contributed by atoms with Crippen molar-refractivity contribution in [1.29, 1.82) is 0 Å². The fourth-order valence-corrected chi connectivity index (χ4v) is 1.92. The number of aliphatic hydroxyl groups excluding tert-OH is 2. The van der Waals surface area contributed by atoms with E-state index in [1.54, 1.807) is 0 Å². The summed E-state index contributed by atoms with van der Waals surface area (Å²) in [5.41, 5.74) is 4.38. The van der Waals surface area contributed by atoms with Crippen LogP contribution in [0.15, 0.2) is 48.5 Å². The Hall–Kier alpha value is -2.52. The molecule has 2 N–H and O–H groups in total. The van der Waals surface area contributed by atoms with Gasteiger partial charge in [0.05, 0.1) is 0 Å². The van der Waals surface area contributed by atoms with E-state index in [0.717, 1.165) is 36.5 Å². The summed E-state index contributed by atoms with van der Waals surface area (Å²) in [6.45, 7) is 3.71. The van der Waals surface area contributed by atoms with Gasteiger partial charge in [-0.2, -0.15) is 0 Å². The quantitative estimate of drug-likeness (QED) is 0.792. The third-order valence-electron chi connectivity index (χ3n) is 2.66. The highest BCUT2D eigenvalue weighted by molar-refractivity contribution is 5.76. The van der Waals surface area contributed by atoms with Crippen molar-refractivity contribution in [2.24, 2.45) is 0 Å². The molecule has 2 aromatic rings. The van der Waals surface area contributed by atoms with Crippen LogP contribution in [0.3, 0.4) is 0 Å². The summed E-state index contributed by atoms with van der Waals surface area (Å²) in [6.07, 6.45) is 0. The molecule has 114 valence electrons. The Balaban J connectivity index is 0.00000102. The van der Waals surface area contributed by atoms with E-state index in [-0.39, 0.29) is 0 Å². The number of rotatable bonds is 1. The molecule has 0 amide bonds. The topological polar surface area (TPSA) is 40.5 Å². The second-order valence-corrected chi connectivity index (χ2v) is 3.84. The molecule has 0 saturated heterocycles. The first-order valence-electron chi connectivity index (χ1n) is 6.80. The van der Waals surface area contributed by atoms with Gasteiger partial charge in [0.15, 0.2) is 0 Å². The largest absolute Gasteiger partial charge is 0.400 e. The molecule has 2 heteroatoms. The highest BCUT2D eigenvalue weighted by atomic mass is 16.2. The summed E-state index contributed by atoms with van der Waals surface area (Å²) in [5.74, 6) is 12.2. The van der Waals surface area contributed by atoms with Gasteiger partial charge in [0.1, 0.15) is 0 Å². The molecular weight excluding hydrogens is 272 g/mol. The summed E-state index contributed by atoms with van der Waals surface area (Å²) in [6, 6.07) is 16.4. The lowest BCUT2D eigenvalue weighted by molar-refractivity contribution is 0.399. The van der Waals surface area contributed by atoms with Crippen molar-refractivity contribution < 1.29 is 10.2 Å². The summed E-state index contributed by atoms with van der Waals surface area (Å²) in [7, 11) is 2.00. The highest BCUT2D eigenvalue weighted by Gasteiger charge is 2.05. The molecule has 0 unspecified atom stereocenters. The van der Waals surface area contributed by atoms with E-state index in [2.05, 4.69) is 35.8 Å². The third kappa shape index (κ3) is 5.46. The second kappa shape index (κ2) is 12.2. The monoisotopic (exact) mass is 294 g/mol. The minimum Gasteiger partial charge on any atom is -0.400 e. The van der Waals surface area contributed by atoms with Crippen molar-refractivity contribution in [1.82, 2.24) is 0 Å². The van der Waals surface area contributed by atoms with Gasteiger partial charge in [-0.05, 0) is 37.1 Å². The van der Waals surface area contributed by atoms with Gasteiger partial charge in [-0.1, -0.05) is 48.2 Å². The van der Waals surface area contributed by atoms with Gasteiger partial charge in [0, 0.05) is 25.3 Å². The van der Waals surface area contributed by atoms with E-state index in [0.29, 0.717) is 0 Å². The smallest absolute Gasteiger partial charge is 0.0324 e. The molecule has 0 aliphatic rings. The van der Waals surface area contributed by atoms with Crippen LogP contribution in [-0.4, -0.2) is 24.4 Å². The first-order valence-corrected chi connectivity index (χ1v) is 6.80. The molecule has 2 aromatic carbocycles. The van der Waals surface area contributed by atoms with Gasteiger partial charge in [0.25, 0.3) is 0 Å². The van der Waals surface area contributed by atoms with Crippen molar-refractivity contribution in [3.8, 4) is 34.8 Å². The molecule has 0 saturated carbocycles. The highest BCUT2D eigenvalue weighted by Crippen LogP contribution is 2.26. The van der Waals surface area contributed by atoms with Gasteiger partial charge < -0.3 is 10.2 Å². The van der Waals surface area contributed by atoms with E-state index in [1.807, 2.05) is 50.2 Å². The maximum absolute atomic E-state index is 7.00. The fraction of sp³-hybridized carbons (Fsp3) is 0.200. The van der Waals surface area contributed by atoms with Crippen LogP contribution in [0, 0.1) is 23.7 Å². The van der Waals surface area contributed by atoms with Gasteiger partial charge in [-0.3, -0.25) is 0 Å². The van der Waals surface area contributed by atoms with Crippen LogP contribution < -0.4 is 0 Å². The average Bonchev–Trinajstić information content (AvgIpc) is 2.60. The average molecular weight is 294 g/mol. The molecule has 2 rings (SSSR count). The zero-order valence-corrected chi connectivity index (χ0v) is 13.5. The van der Waals surface area contributed by atoms with E-state index in [9.17, 15) is 0 Å². The first kappa shape index (κ1) is 19.5. The van der Waals surface area contributed by atoms with Crippen molar-refractivity contribution in [3.05, 3.63) is 59.7 Å². The lowest BCUT2D eigenvalue weighted by Gasteiger charge is -2.07. The standard InChI is InChI=1S/C18H14.2CH4O/c1-3-9-15-11-5-7-13-17(15)18-14-8-6-12-16(18)10-4-2;2*1-2/h5-8,11-14H,1-2H3;2*2H,1H3. The first-order chi connectivity index (χ1) is 10.9. The Morgan fingerprint density at radius 2 is 0.909 bits per heavy atom. The minimum absolute atomic E-state index is 1.00. The molecule has 0 atom stereocenters. The predicted octanol–water partition coefficient (Wildman–Crippen LogP) is 3.31. The van der Waals surface area contributed by atoms with E-state index < -0.39 is 0 Å². The van der Waals surface area contributed by atoms with Crippen molar-refractivity contribution in [2.75, 3.05) is 14.2 Å². The maximum atomic E-state index is 7.00. The van der Waals surface area contributed by atoms with Gasteiger partial charge in [-0.25, -0.2) is 0 Å². The molecule has 2 nitrogen and oxygen atoms in total. The fourth-order valence-electron chi connectivity index (χ4n) is 1.92. The lowest BCUT2D eigenvalue weighted by Crippen LogP contribution is -1.87. The van der Waals surface area contributed by atoms with Crippen LogP contribution in [0.1, 0.15) is 25.0 Å². The number of hydrogen-bond acceptors (Lipinski definition) is 2.